The Morgan fingerprint density at radius 2 is 1.71 bits per heavy atom. The molecule has 0 aliphatic heterocycles. The van der Waals surface area contributed by atoms with Gasteiger partial charge in [0.25, 0.3) is 5.91 Å². The number of nitrogens with one attached hydrogen (secondary N) is 2. The highest BCUT2D eigenvalue weighted by Gasteiger charge is 2.28. The average molecular weight is 458 g/mol. The summed E-state index contributed by atoms with van der Waals surface area (Å²) in [7, 11) is 0. The molecule has 174 valence electrons. The number of nitrogens with zero attached hydrogens (tertiary/aromatic N) is 1. The normalized spacial score (nSPS) is 14.0. The van der Waals surface area contributed by atoms with Crippen molar-refractivity contribution in [3.8, 4) is 0 Å². The molecule has 2 aromatic carbocycles. The molecule has 1 heterocycles. The van der Waals surface area contributed by atoms with Crippen LogP contribution < -0.4 is 10.6 Å². The number of ether oxygens (including phenoxy) is 1. The number of allylic oxidation sites excluding steroid dienone is 1. The summed E-state index contributed by atoms with van der Waals surface area (Å²) < 4.78 is 5.33. The number of fused-ring (bicyclic) bond motifs is 2. The van der Waals surface area contributed by atoms with Gasteiger partial charge in [0.15, 0.2) is 6.61 Å². The van der Waals surface area contributed by atoms with Gasteiger partial charge in [0.1, 0.15) is 0 Å². The lowest BCUT2D eigenvalue weighted by Gasteiger charge is -2.20. The predicted octanol–water partition coefficient (Wildman–Crippen LogP) is 4.50. The number of imide groups is 1. The number of hydrogen-bond acceptors (Lipinski definition) is 5. The van der Waals surface area contributed by atoms with Crippen molar-refractivity contribution in [2.45, 2.75) is 39.2 Å². The predicted molar refractivity (Wildman–Crippen MR) is 131 cm³/mol. The third-order valence-electron chi connectivity index (χ3n) is 5.36. The maximum atomic E-state index is 13.2. The van der Waals surface area contributed by atoms with Crippen molar-refractivity contribution >= 4 is 40.5 Å². The lowest BCUT2D eigenvalue weighted by molar-refractivity contribution is -0.123. The summed E-state index contributed by atoms with van der Waals surface area (Å²) >= 11 is 0. The Hall–Kier alpha value is -4.00. The van der Waals surface area contributed by atoms with E-state index in [4.69, 9.17) is 9.72 Å². The Bertz CT molecular complexity index is 1290. The number of pyridine rings is 1. The van der Waals surface area contributed by atoms with E-state index in [1.807, 2.05) is 54.6 Å². The van der Waals surface area contributed by atoms with Gasteiger partial charge in [-0.05, 0) is 62.5 Å². The molecule has 1 aromatic heterocycles. The molecule has 0 unspecified atom stereocenters. The molecule has 0 fully saturated rings. The standard InChI is InChI=1S/C27H27N3O4/c1-27(2,3)30-26(33)29-22(31)16-34-25(32)23-19-11-7-8-12-21(19)28-24-18(13-14-20(23)24)15-17-9-5-4-6-10-17/h4-12,15H,13-14,16H2,1-3H3,(H2,29,30,31,33). The Morgan fingerprint density at radius 3 is 2.44 bits per heavy atom. The van der Waals surface area contributed by atoms with Crippen LogP contribution in [0.2, 0.25) is 0 Å². The van der Waals surface area contributed by atoms with Crippen molar-refractivity contribution < 1.29 is 19.1 Å². The first-order valence-corrected chi connectivity index (χ1v) is 11.2. The van der Waals surface area contributed by atoms with E-state index in [0.29, 0.717) is 22.9 Å². The SMILES string of the molecule is CC(C)(C)NC(=O)NC(=O)COC(=O)c1c2c(nc3ccccc13)C(=Cc1ccccc1)CC2. The fraction of sp³-hybridized carbons (Fsp3) is 0.259. The van der Waals surface area contributed by atoms with E-state index in [2.05, 4.69) is 16.7 Å². The van der Waals surface area contributed by atoms with E-state index in [0.717, 1.165) is 28.8 Å². The third-order valence-corrected chi connectivity index (χ3v) is 5.36. The smallest absolute Gasteiger partial charge is 0.339 e. The molecule has 0 radical (unpaired) electrons. The zero-order valence-corrected chi connectivity index (χ0v) is 19.5. The second kappa shape index (κ2) is 9.47. The van der Waals surface area contributed by atoms with E-state index in [1.165, 1.54) is 0 Å². The van der Waals surface area contributed by atoms with Crippen molar-refractivity contribution in [1.29, 1.82) is 0 Å². The molecular weight excluding hydrogens is 430 g/mol. The molecule has 2 N–H and O–H groups in total. The van der Waals surface area contributed by atoms with Gasteiger partial charge in [0, 0.05) is 10.9 Å². The first kappa shape index (κ1) is 23.2. The topological polar surface area (TPSA) is 97.4 Å². The summed E-state index contributed by atoms with van der Waals surface area (Å²) in [5.74, 6) is -1.31. The first-order chi connectivity index (χ1) is 16.2. The van der Waals surface area contributed by atoms with Gasteiger partial charge in [-0.1, -0.05) is 48.5 Å². The zero-order chi connectivity index (χ0) is 24.3. The molecule has 0 bridgehead atoms. The number of esters is 1. The number of carbonyl (C=O) groups excluding carboxylic acids is 3. The molecule has 1 aliphatic rings. The van der Waals surface area contributed by atoms with Crippen LogP contribution in [-0.4, -0.2) is 35.0 Å². The van der Waals surface area contributed by atoms with Crippen molar-refractivity contribution in [2.24, 2.45) is 0 Å². The number of amides is 3. The van der Waals surface area contributed by atoms with Gasteiger partial charge < -0.3 is 10.1 Å². The second-order valence-corrected chi connectivity index (χ2v) is 9.24. The van der Waals surface area contributed by atoms with E-state index in [9.17, 15) is 14.4 Å². The first-order valence-electron chi connectivity index (χ1n) is 11.2. The van der Waals surface area contributed by atoms with Crippen LogP contribution in [0.1, 0.15) is 54.4 Å². The van der Waals surface area contributed by atoms with E-state index in [-0.39, 0.29) is 0 Å². The van der Waals surface area contributed by atoms with Crippen LogP contribution in [0.25, 0.3) is 22.6 Å². The van der Waals surface area contributed by atoms with Gasteiger partial charge in [-0.15, -0.1) is 0 Å². The lowest BCUT2D eigenvalue weighted by atomic mass is 10.0. The van der Waals surface area contributed by atoms with Crippen LogP contribution in [0.15, 0.2) is 54.6 Å². The molecule has 3 amide bonds. The molecule has 4 rings (SSSR count). The summed E-state index contributed by atoms with van der Waals surface area (Å²) in [5.41, 5.74) is 4.32. The number of hydrogen-bond donors (Lipinski definition) is 2. The summed E-state index contributed by atoms with van der Waals surface area (Å²) in [6, 6.07) is 16.7. The molecule has 0 atom stereocenters. The van der Waals surface area contributed by atoms with Crippen LogP contribution in [0.4, 0.5) is 4.79 Å². The molecular formula is C27H27N3O4. The number of aromatic nitrogens is 1. The van der Waals surface area contributed by atoms with Gasteiger partial charge in [-0.25, -0.2) is 14.6 Å². The second-order valence-electron chi connectivity index (χ2n) is 9.24. The van der Waals surface area contributed by atoms with E-state index < -0.39 is 30.1 Å². The van der Waals surface area contributed by atoms with Crippen LogP contribution in [0, 0.1) is 0 Å². The van der Waals surface area contributed by atoms with Crippen LogP contribution in [0.3, 0.4) is 0 Å². The summed E-state index contributed by atoms with van der Waals surface area (Å²) in [6.45, 7) is 4.83. The summed E-state index contributed by atoms with van der Waals surface area (Å²) in [4.78, 5) is 42.0. The van der Waals surface area contributed by atoms with E-state index >= 15 is 0 Å². The number of benzene rings is 2. The molecule has 0 spiro atoms. The van der Waals surface area contributed by atoms with Crippen molar-refractivity contribution in [2.75, 3.05) is 6.61 Å². The minimum Gasteiger partial charge on any atom is -0.452 e. The molecule has 3 aromatic rings. The molecule has 7 heteroatoms. The number of carbonyl (C=O) groups is 3. The third kappa shape index (κ3) is 5.31. The van der Waals surface area contributed by atoms with Gasteiger partial charge in [-0.3, -0.25) is 10.1 Å². The minimum absolute atomic E-state index is 0.420. The molecule has 1 aliphatic carbocycles. The highest BCUT2D eigenvalue weighted by molar-refractivity contribution is 6.08. The molecule has 7 nitrogen and oxygen atoms in total. The molecule has 0 saturated carbocycles. The van der Waals surface area contributed by atoms with Crippen molar-refractivity contribution in [3.05, 3.63) is 77.0 Å². The van der Waals surface area contributed by atoms with E-state index in [1.54, 1.807) is 20.8 Å². The Labute approximate surface area is 198 Å². The number of urea groups is 1. The average Bonchev–Trinajstić information content (AvgIpc) is 3.17. The fourth-order valence-corrected chi connectivity index (χ4v) is 4.00. The maximum Gasteiger partial charge on any atom is 0.339 e. The van der Waals surface area contributed by atoms with Gasteiger partial charge in [-0.2, -0.15) is 0 Å². The molecule has 0 saturated heterocycles. The molecule has 34 heavy (non-hydrogen) atoms. The highest BCUT2D eigenvalue weighted by Crippen LogP contribution is 2.37. The largest absolute Gasteiger partial charge is 0.452 e. The number of para-hydroxylation sites is 1. The Kier molecular flexibility index (Phi) is 6.45. The van der Waals surface area contributed by atoms with Gasteiger partial charge in [0.2, 0.25) is 0 Å². The summed E-state index contributed by atoms with van der Waals surface area (Å²) in [6.07, 6.45) is 3.49. The van der Waals surface area contributed by atoms with Crippen molar-refractivity contribution in [3.63, 3.8) is 0 Å². The zero-order valence-electron chi connectivity index (χ0n) is 19.5. The fourth-order valence-electron chi connectivity index (χ4n) is 4.00. The maximum absolute atomic E-state index is 13.2. The Morgan fingerprint density at radius 1 is 1.00 bits per heavy atom. The van der Waals surface area contributed by atoms with Crippen molar-refractivity contribution in [1.82, 2.24) is 15.6 Å². The van der Waals surface area contributed by atoms with Gasteiger partial charge >= 0.3 is 12.0 Å². The quantitative estimate of drug-likeness (QED) is 0.562. The Balaban J connectivity index is 1.59. The highest BCUT2D eigenvalue weighted by atomic mass is 16.5. The van der Waals surface area contributed by atoms with Crippen LogP contribution >= 0.6 is 0 Å². The monoisotopic (exact) mass is 457 g/mol. The minimum atomic E-state index is -0.699. The van der Waals surface area contributed by atoms with Crippen LogP contribution in [-0.2, 0) is 16.0 Å². The number of rotatable bonds is 4. The summed E-state index contributed by atoms with van der Waals surface area (Å²) in [5, 5.41) is 5.48. The van der Waals surface area contributed by atoms with Gasteiger partial charge in [0.05, 0.1) is 16.8 Å². The van der Waals surface area contributed by atoms with Crippen LogP contribution in [0.5, 0.6) is 0 Å². The lowest BCUT2D eigenvalue weighted by Crippen LogP contribution is -2.49.